The van der Waals surface area contributed by atoms with Gasteiger partial charge in [-0.25, -0.2) is 8.42 Å². The first-order chi connectivity index (χ1) is 7.92. The number of rotatable bonds is 7. The topological polar surface area (TPSA) is 64.0 Å². The molecule has 1 heterocycles. The van der Waals surface area contributed by atoms with Gasteiger partial charge in [-0.05, 0) is 25.5 Å². The molecule has 1 aromatic heterocycles. The quantitative estimate of drug-likeness (QED) is 0.725. The van der Waals surface area contributed by atoms with Crippen molar-refractivity contribution in [2.24, 2.45) is 7.05 Å². The Balaban J connectivity index is 2.29. The van der Waals surface area contributed by atoms with Crippen molar-refractivity contribution >= 4 is 9.84 Å². The molecule has 0 radical (unpaired) electrons. The highest BCUT2D eigenvalue weighted by atomic mass is 32.2. The predicted octanol–water partition coefficient (Wildman–Crippen LogP) is 0.507. The summed E-state index contributed by atoms with van der Waals surface area (Å²) in [5.74, 6) is 0.242. The fourth-order valence-electron chi connectivity index (χ4n) is 1.59. The van der Waals surface area contributed by atoms with Crippen molar-refractivity contribution in [1.82, 2.24) is 15.1 Å². The van der Waals surface area contributed by atoms with Crippen LogP contribution in [0.15, 0.2) is 6.07 Å². The number of nitrogens with zero attached hydrogens (tertiary/aromatic N) is 2. The molecule has 0 fully saturated rings. The summed E-state index contributed by atoms with van der Waals surface area (Å²) in [7, 11) is -0.911. The Morgan fingerprint density at radius 2 is 2.18 bits per heavy atom. The van der Waals surface area contributed by atoms with Gasteiger partial charge in [0, 0.05) is 19.8 Å². The molecule has 0 unspecified atom stereocenters. The highest BCUT2D eigenvalue weighted by molar-refractivity contribution is 7.90. The lowest BCUT2D eigenvalue weighted by Gasteiger charge is -2.04. The zero-order chi connectivity index (χ0) is 12.9. The molecular weight excluding hydrogens is 238 g/mol. The summed E-state index contributed by atoms with van der Waals surface area (Å²) in [4.78, 5) is 0. The molecule has 5 nitrogen and oxygen atoms in total. The second-order valence-electron chi connectivity index (χ2n) is 4.26. The van der Waals surface area contributed by atoms with E-state index in [1.54, 1.807) is 0 Å². The first kappa shape index (κ1) is 14.2. The van der Waals surface area contributed by atoms with E-state index in [1.807, 2.05) is 11.7 Å². The van der Waals surface area contributed by atoms with Gasteiger partial charge in [0.25, 0.3) is 0 Å². The van der Waals surface area contributed by atoms with Crippen molar-refractivity contribution in [2.75, 3.05) is 18.6 Å². The summed E-state index contributed by atoms with van der Waals surface area (Å²) in [6, 6.07) is 2.07. The van der Waals surface area contributed by atoms with Crippen LogP contribution in [0.5, 0.6) is 0 Å². The van der Waals surface area contributed by atoms with E-state index in [1.165, 1.54) is 6.26 Å². The molecule has 0 saturated carbocycles. The monoisotopic (exact) mass is 259 g/mol. The SMILES string of the molecule is CCc1cc(CNCCCS(C)(=O)=O)n(C)n1. The minimum absolute atomic E-state index is 0.242. The third kappa shape index (κ3) is 5.32. The Bertz CT molecular complexity index is 451. The standard InChI is InChI=1S/C11H21N3O2S/c1-4-10-8-11(14(2)13-10)9-12-6-5-7-17(3,15)16/h8,12H,4-7,9H2,1-3H3. The van der Waals surface area contributed by atoms with Gasteiger partial charge in [0.05, 0.1) is 17.1 Å². The summed E-state index contributed by atoms with van der Waals surface area (Å²) >= 11 is 0. The van der Waals surface area contributed by atoms with Crippen LogP contribution in [0.1, 0.15) is 24.7 Å². The Kier molecular flexibility index (Phi) is 5.14. The highest BCUT2D eigenvalue weighted by Crippen LogP contribution is 2.03. The van der Waals surface area contributed by atoms with Gasteiger partial charge in [-0.1, -0.05) is 6.92 Å². The Morgan fingerprint density at radius 3 is 2.71 bits per heavy atom. The molecule has 0 aliphatic rings. The molecule has 98 valence electrons. The van der Waals surface area contributed by atoms with Crippen molar-refractivity contribution < 1.29 is 8.42 Å². The third-order valence-corrected chi connectivity index (χ3v) is 3.59. The zero-order valence-electron chi connectivity index (χ0n) is 10.7. The molecule has 0 aromatic carbocycles. The smallest absolute Gasteiger partial charge is 0.147 e. The number of aromatic nitrogens is 2. The van der Waals surface area contributed by atoms with Crippen molar-refractivity contribution in [2.45, 2.75) is 26.3 Å². The number of hydrogen-bond donors (Lipinski definition) is 1. The lowest BCUT2D eigenvalue weighted by molar-refractivity contribution is 0.589. The lowest BCUT2D eigenvalue weighted by atomic mass is 10.3. The van der Waals surface area contributed by atoms with Crippen molar-refractivity contribution in [3.8, 4) is 0 Å². The van der Waals surface area contributed by atoms with E-state index in [0.717, 1.165) is 24.4 Å². The normalized spacial score (nSPS) is 11.9. The van der Waals surface area contributed by atoms with E-state index in [4.69, 9.17) is 0 Å². The van der Waals surface area contributed by atoms with Crippen LogP contribution in [0.3, 0.4) is 0 Å². The van der Waals surface area contributed by atoms with Gasteiger partial charge in [0.2, 0.25) is 0 Å². The second-order valence-corrected chi connectivity index (χ2v) is 6.52. The molecule has 0 aliphatic heterocycles. The molecule has 1 rings (SSSR count). The van der Waals surface area contributed by atoms with Gasteiger partial charge in [0.1, 0.15) is 9.84 Å². The predicted molar refractivity (Wildman–Crippen MR) is 68.6 cm³/mol. The van der Waals surface area contributed by atoms with Crippen LogP contribution < -0.4 is 5.32 Å². The molecule has 0 aliphatic carbocycles. The Morgan fingerprint density at radius 1 is 1.47 bits per heavy atom. The van der Waals surface area contributed by atoms with E-state index < -0.39 is 9.84 Å². The van der Waals surface area contributed by atoms with E-state index in [-0.39, 0.29) is 5.75 Å². The van der Waals surface area contributed by atoms with Crippen LogP contribution in [0.4, 0.5) is 0 Å². The maximum atomic E-state index is 10.9. The maximum Gasteiger partial charge on any atom is 0.147 e. The van der Waals surface area contributed by atoms with Crippen LogP contribution in [0.2, 0.25) is 0 Å². The summed E-state index contributed by atoms with van der Waals surface area (Å²) in [6.45, 7) is 3.51. The number of sulfone groups is 1. The van der Waals surface area contributed by atoms with Gasteiger partial charge < -0.3 is 5.32 Å². The molecule has 6 heteroatoms. The number of hydrogen-bond acceptors (Lipinski definition) is 4. The summed E-state index contributed by atoms with van der Waals surface area (Å²) in [5, 5.41) is 7.58. The molecule has 0 spiro atoms. The fraction of sp³-hybridized carbons (Fsp3) is 0.727. The summed E-state index contributed by atoms with van der Waals surface area (Å²) in [5.41, 5.74) is 2.21. The van der Waals surface area contributed by atoms with Crippen molar-refractivity contribution in [3.05, 3.63) is 17.5 Å². The average Bonchev–Trinajstić information content (AvgIpc) is 2.57. The zero-order valence-corrected chi connectivity index (χ0v) is 11.5. The second kappa shape index (κ2) is 6.16. The summed E-state index contributed by atoms with van der Waals surface area (Å²) in [6.07, 6.45) is 2.85. The number of aryl methyl sites for hydroxylation is 2. The van der Waals surface area contributed by atoms with Gasteiger partial charge in [-0.3, -0.25) is 4.68 Å². The van der Waals surface area contributed by atoms with Gasteiger partial charge in [0.15, 0.2) is 0 Å². The molecule has 0 bridgehead atoms. The average molecular weight is 259 g/mol. The van der Waals surface area contributed by atoms with E-state index >= 15 is 0 Å². The lowest BCUT2D eigenvalue weighted by Crippen LogP contribution is -2.19. The summed E-state index contributed by atoms with van der Waals surface area (Å²) < 4.78 is 23.7. The minimum Gasteiger partial charge on any atom is -0.311 e. The highest BCUT2D eigenvalue weighted by Gasteiger charge is 2.04. The van der Waals surface area contributed by atoms with Crippen LogP contribution in [0, 0.1) is 0 Å². The van der Waals surface area contributed by atoms with Gasteiger partial charge in [-0.2, -0.15) is 5.10 Å². The molecule has 0 amide bonds. The third-order valence-electron chi connectivity index (χ3n) is 2.56. The first-order valence-electron chi connectivity index (χ1n) is 5.82. The van der Waals surface area contributed by atoms with E-state index in [2.05, 4.69) is 23.4 Å². The van der Waals surface area contributed by atoms with E-state index in [9.17, 15) is 8.42 Å². The maximum absolute atomic E-state index is 10.9. The van der Waals surface area contributed by atoms with Crippen LogP contribution >= 0.6 is 0 Å². The molecular formula is C11H21N3O2S. The molecule has 1 aromatic rings. The van der Waals surface area contributed by atoms with Crippen LogP contribution in [-0.2, 0) is 29.9 Å². The Labute approximate surface area is 103 Å². The van der Waals surface area contributed by atoms with Gasteiger partial charge >= 0.3 is 0 Å². The first-order valence-corrected chi connectivity index (χ1v) is 7.88. The minimum atomic E-state index is -2.83. The molecule has 17 heavy (non-hydrogen) atoms. The largest absolute Gasteiger partial charge is 0.311 e. The van der Waals surface area contributed by atoms with E-state index in [0.29, 0.717) is 13.0 Å². The van der Waals surface area contributed by atoms with Crippen LogP contribution in [-0.4, -0.2) is 36.8 Å². The Hall–Kier alpha value is -0.880. The van der Waals surface area contributed by atoms with Gasteiger partial charge in [-0.15, -0.1) is 0 Å². The fourth-order valence-corrected chi connectivity index (χ4v) is 2.25. The van der Waals surface area contributed by atoms with Crippen LogP contribution in [0.25, 0.3) is 0 Å². The molecule has 1 N–H and O–H groups in total. The van der Waals surface area contributed by atoms with Crippen molar-refractivity contribution in [3.63, 3.8) is 0 Å². The molecule has 0 atom stereocenters. The van der Waals surface area contributed by atoms with Crippen molar-refractivity contribution in [1.29, 1.82) is 0 Å². The number of nitrogens with one attached hydrogen (secondary N) is 1. The molecule has 0 saturated heterocycles.